The Labute approximate surface area is 220 Å². The molecule has 2 N–H and O–H groups in total. The Kier molecular flexibility index (Phi) is 7.58. The first-order valence-corrected chi connectivity index (χ1v) is 13.7. The van der Waals surface area contributed by atoms with Crippen LogP contribution >= 0.6 is 0 Å². The summed E-state index contributed by atoms with van der Waals surface area (Å²) in [5.74, 6) is 1.68. The first-order valence-electron chi connectivity index (χ1n) is 13.7. The van der Waals surface area contributed by atoms with Gasteiger partial charge < -0.3 is 15.0 Å². The van der Waals surface area contributed by atoms with Crippen LogP contribution in [0, 0.1) is 13.8 Å². The van der Waals surface area contributed by atoms with Crippen LogP contribution in [-0.2, 0) is 0 Å². The number of piperazine rings is 1. The maximum atomic E-state index is 9.16. The number of aryl methyl sites for hydroxylation is 2. The first kappa shape index (κ1) is 25.4. The van der Waals surface area contributed by atoms with E-state index in [9.17, 15) is 0 Å². The van der Waals surface area contributed by atoms with Crippen LogP contribution in [0.2, 0.25) is 0 Å². The quantitative estimate of drug-likeness (QED) is 0.346. The second-order valence-electron chi connectivity index (χ2n) is 10.0. The van der Waals surface area contributed by atoms with Gasteiger partial charge in [-0.2, -0.15) is 0 Å². The number of aromatic nitrogens is 3. The monoisotopic (exact) mass is 497 g/mol. The number of aromatic amines is 1. The summed E-state index contributed by atoms with van der Waals surface area (Å²) in [5.41, 5.74) is 9.57. The van der Waals surface area contributed by atoms with Crippen molar-refractivity contribution in [1.29, 1.82) is 0 Å². The minimum Gasteiger partial charge on any atom is -0.395 e. The van der Waals surface area contributed by atoms with Crippen LogP contribution in [0.25, 0.3) is 33.3 Å². The molecule has 2 fully saturated rings. The second kappa shape index (κ2) is 11.0. The molecule has 6 heteroatoms. The number of β-amino-alcohol motifs (C(OH)–C–C–N with tert-alkyl or cyclic N) is 1. The third-order valence-corrected chi connectivity index (χ3v) is 7.39. The Balaban J connectivity index is 0.00000137. The molecule has 1 aromatic carbocycles. The molecule has 37 heavy (non-hydrogen) atoms. The molecule has 1 saturated carbocycles. The number of fused-ring (bicyclic) bond motifs is 1. The third-order valence-electron chi connectivity index (χ3n) is 7.39. The topological polar surface area (TPSA) is 68.3 Å². The molecule has 0 amide bonds. The standard InChI is InChI=1S/C29H33N5O.C2H6/c1-19-15-24(16-20(2)31-19)29-28(21-3-4-21)25-7-5-22(17-26(25)32-29)23-6-8-27(30-18-23)34-11-9-33(10-12-34)13-14-35;1-2/h5-8,15-18,21,32,35H,3-4,9-14H2,1-2H3;1-2H3. The molecule has 6 rings (SSSR count). The molecule has 0 bridgehead atoms. The van der Waals surface area contributed by atoms with Crippen molar-refractivity contribution in [2.24, 2.45) is 0 Å². The lowest BCUT2D eigenvalue weighted by Gasteiger charge is -2.35. The van der Waals surface area contributed by atoms with Crippen molar-refractivity contribution in [3.05, 3.63) is 65.6 Å². The molecular formula is C31H39N5O. The van der Waals surface area contributed by atoms with E-state index in [1.54, 1.807) is 0 Å². The molecule has 0 atom stereocenters. The Bertz CT molecular complexity index is 1330. The largest absolute Gasteiger partial charge is 0.395 e. The van der Waals surface area contributed by atoms with E-state index in [0.717, 1.165) is 55.5 Å². The van der Waals surface area contributed by atoms with Crippen molar-refractivity contribution in [1.82, 2.24) is 19.9 Å². The maximum Gasteiger partial charge on any atom is 0.128 e. The van der Waals surface area contributed by atoms with Gasteiger partial charge in [-0.15, -0.1) is 0 Å². The van der Waals surface area contributed by atoms with Crippen molar-refractivity contribution < 1.29 is 5.11 Å². The summed E-state index contributed by atoms with van der Waals surface area (Å²) in [5, 5.41) is 10.5. The van der Waals surface area contributed by atoms with Crippen LogP contribution < -0.4 is 4.90 Å². The van der Waals surface area contributed by atoms with Crippen molar-refractivity contribution in [2.75, 3.05) is 44.2 Å². The SMILES string of the molecule is CC.Cc1cc(-c2[nH]c3cc(-c4ccc(N5CCN(CCO)CC5)nc4)ccc3c2C2CC2)cc(C)n1. The Morgan fingerprint density at radius 3 is 2.22 bits per heavy atom. The van der Waals surface area contributed by atoms with Gasteiger partial charge in [-0.1, -0.05) is 26.0 Å². The Morgan fingerprint density at radius 1 is 0.892 bits per heavy atom. The van der Waals surface area contributed by atoms with Crippen LogP contribution in [0.15, 0.2) is 48.7 Å². The molecule has 4 heterocycles. The van der Waals surface area contributed by atoms with Gasteiger partial charge in [0.05, 0.1) is 12.3 Å². The van der Waals surface area contributed by atoms with Crippen molar-refractivity contribution in [2.45, 2.75) is 46.5 Å². The molecule has 6 nitrogen and oxygen atoms in total. The van der Waals surface area contributed by atoms with E-state index in [4.69, 9.17) is 10.1 Å². The van der Waals surface area contributed by atoms with Gasteiger partial charge in [0.15, 0.2) is 0 Å². The molecule has 0 spiro atoms. The maximum absolute atomic E-state index is 9.16. The number of H-pyrrole nitrogens is 1. The summed E-state index contributed by atoms with van der Waals surface area (Å²) >= 11 is 0. The van der Waals surface area contributed by atoms with Gasteiger partial charge in [-0.25, -0.2) is 4.98 Å². The molecule has 1 aliphatic heterocycles. The average Bonchev–Trinajstić information content (AvgIpc) is 3.69. The molecule has 0 radical (unpaired) electrons. The second-order valence-corrected chi connectivity index (χ2v) is 10.0. The lowest BCUT2D eigenvalue weighted by atomic mass is 9.99. The number of nitrogens with zero attached hydrogens (tertiary/aromatic N) is 4. The molecule has 1 aliphatic carbocycles. The van der Waals surface area contributed by atoms with Crippen LogP contribution in [0.1, 0.15) is 49.6 Å². The number of hydrogen-bond acceptors (Lipinski definition) is 5. The van der Waals surface area contributed by atoms with E-state index in [1.807, 2.05) is 20.0 Å². The number of aliphatic hydroxyl groups is 1. The fraction of sp³-hybridized carbons (Fsp3) is 0.419. The highest BCUT2D eigenvalue weighted by atomic mass is 16.3. The van der Waals surface area contributed by atoms with E-state index >= 15 is 0 Å². The summed E-state index contributed by atoms with van der Waals surface area (Å²) in [6.45, 7) is 12.9. The van der Waals surface area contributed by atoms with E-state index < -0.39 is 0 Å². The zero-order valence-electron chi connectivity index (χ0n) is 22.6. The minimum atomic E-state index is 0.226. The zero-order chi connectivity index (χ0) is 25.9. The number of nitrogens with one attached hydrogen (secondary N) is 1. The third kappa shape index (κ3) is 5.41. The van der Waals surface area contributed by atoms with Crippen molar-refractivity contribution in [3.8, 4) is 22.4 Å². The average molecular weight is 498 g/mol. The molecule has 1 saturated heterocycles. The normalized spacial score (nSPS) is 16.1. The molecule has 4 aromatic rings. The molecular weight excluding hydrogens is 458 g/mol. The number of rotatable bonds is 6. The van der Waals surface area contributed by atoms with Crippen LogP contribution in [0.5, 0.6) is 0 Å². The highest BCUT2D eigenvalue weighted by Crippen LogP contribution is 2.48. The number of hydrogen-bond donors (Lipinski definition) is 2. The van der Waals surface area contributed by atoms with Crippen LogP contribution in [0.4, 0.5) is 5.82 Å². The Hall–Kier alpha value is -3.22. The summed E-state index contributed by atoms with van der Waals surface area (Å²) in [4.78, 5) is 17.8. The first-order chi connectivity index (χ1) is 18.1. The van der Waals surface area contributed by atoms with Gasteiger partial charge in [0.25, 0.3) is 0 Å². The fourth-order valence-electron chi connectivity index (χ4n) is 5.49. The van der Waals surface area contributed by atoms with Gasteiger partial charge >= 0.3 is 0 Å². The highest BCUT2D eigenvalue weighted by Gasteiger charge is 2.30. The smallest absolute Gasteiger partial charge is 0.128 e. The van der Waals surface area contributed by atoms with Gasteiger partial charge in [-0.3, -0.25) is 9.88 Å². The van der Waals surface area contributed by atoms with Gasteiger partial charge in [0.2, 0.25) is 0 Å². The van der Waals surface area contributed by atoms with Crippen LogP contribution in [0.3, 0.4) is 0 Å². The minimum absolute atomic E-state index is 0.226. The molecule has 194 valence electrons. The summed E-state index contributed by atoms with van der Waals surface area (Å²) < 4.78 is 0. The molecule has 0 unspecified atom stereocenters. The predicted octanol–water partition coefficient (Wildman–Crippen LogP) is 5.93. The van der Waals surface area contributed by atoms with E-state index in [0.29, 0.717) is 5.92 Å². The Morgan fingerprint density at radius 2 is 1.59 bits per heavy atom. The summed E-state index contributed by atoms with van der Waals surface area (Å²) in [6.07, 6.45) is 4.53. The number of anilines is 1. The molecule has 2 aliphatic rings. The van der Waals surface area contributed by atoms with E-state index in [1.165, 1.54) is 46.1 Å². The van der Waals surface area contributed by atoms with E-state index in [-0.39, 0.29) is 6.61 Å². The number of benzene rings is 1. The van der Waals surface area contributed by atoms with Crippen molar-refractivity contribution >= 4 is 16.7 Å². The lowest BCUT2D eigenvalue weighted by Crippen LogP contribution is -2.47. The lowest BCUT2D eigenvalue weighted by molar-refractivity contribution is 0.188. The summed E-state index contributed by atoms with van der Waals surface area (Å²) in [6, 6.07) is 15.5. The van der Waals surface area contributed by atoms with E-state index in [2.05, 4.69) is 76.1 Å². The van der Waals surface area contributed by atoms with Gasteiger partial charge in [0, 0.05) is 72.3 Å². The highest BCUT2D eigenvalue weighted by molar-refractivity contribution is 5.94. The zero-order valence-corrected chi connectivity index (χ0v) is 22.6. The number of pyridine rings is 2. The number of aliphatic hydroxyl groups excluding tert-OH is 1. The predicted molar refractivity (Wildman–Crippen MR) is 153 cm³/mol. The summed E-state index contributed by atoms with van der Waals surface area (Å²) in [7, 11) is 0. The van der Waals surface area contributed by atoms with Gasteiger partial charge in [-0.05, 0) is 74.1 Å². The van der Waals surface area contributed by atoms with Crippen molar-refractivity contribution in [3.63, 3.8) is 0 Å². The van der Waals surface area contributed by atoms with Crippen LogP contribution in [-0.4, -0.2) is 64.3 Å². The van der Waals surface area contributed by atoms with Gasteiger partial charge in [0.1, 0.15) is 5.82 Å². The fourth-order valence-corrected chi connectivity index (χ4v) is 5.49. The molecule has 3 aromatic heterocycles.